The Morgan fingerprint density at radius 1 is 1.10 bits per heavy atom. The maximum absolute atomic E-state index is 5.67. The van der Waals surface area contributed by atoms with E-state index in [-0.39, 0.29) is 0 Å². The van der Waals surface area contributed by atoms with E-state index >= 15 is 0 Å². The Kier molecular flexibility index (Phi) is 3.91. The van der Waals surface area contributed by atoms with Crippen LogP contribution in [0.1, 0.15) is 26.7 Å². The zero-order valence-corrected chi connectivity index (χ0v) is 7.85. The van der Waals surface area contributed by atoms with Crippen molar-refractivity contribution in [1.29, 1.82) is 0 Å². The molecule has 2 heteroatoms. The van der Waals surface area contributed by atoms with Crippen molar-refractivity contribution in [3.05, 3.63) is 0 Å². The molecule has 0 aliphatic rings. The van der Waals surface area contributed by atoms with Gasteiger partial charge in [-0.2, -0.15) is 4.65 Å². The van der Waals surface area contributed by atoms with E-state index in [4.69, 9.17) is 4.84 Å². The maximum Gasteiger partial charge on any atom is 0.116 e. The molecule has 0 saturated carbocycles. The molecule has 0 rings (SSSR count). The van der Waals surface area contributed by atoms with Crippen molar-refractivity contribution in [2.45, 2.75) is 32.8 Å². The molecule has 0 N–H and O–H groups in total. The Balaban J connectivity index is 3.63. The number of nitrogens with zero attached hydrogens (tertiary/aromatic N) is 1. The van der Waals surface area contributed by atoms with Gasteiger partial charge in [0.05, 0.1) is 21.1 Å². The molecule has 0 aromatic heterocycles. The lowest BCUT2D eigenvalue weighted by Gasteiger charge is -2.26. The van der Waals surface area contributed by atoms with Gasteiger partial charge in [-0.25, -0.2) is 4.84 Å². The lowest BCUT2D eigenvalue weighted by molar-refractivity contribution is -1.07. The molecule has 0 aromatic carbocycles. The zero-order valence-electron chi connectivity index (χ0n) is 7.85. The van der Waals surface area contributed by atoms with E-state index in [1.54, 1.807) is 0 Å². The molecule has 0 spiro atoms. The average molecular weight is 146 g/mol. The molecular weight excluding hydrogens is 126 g/mol. The Morgan fingerprint density at radius 2 is 1.50 bits per heavy atom. The number of hydrogen-bond donors (Lipinski definition) is 0. The van der Waals surface area contributed by atoms with Crippen LogP contribution in [-0.4, -0.2) is 31.9 Å². The van der Waals surface area contributed by atoms with Gasteiger partial charge in [0.1, 0.15) is 6.10 Å². The molecule has 10 heavy (non-hydrogen) atoms. The van der Waals surface area contributed by atoms with Gasteiger partial charge in [0.25, 0.3) is 0 Å². The maximum atomic E-state index is 5.67. The van der Waals surface area contributed by atoms with Gasteiger partial charge in [-0.3, -0.25) is 0 Å². The van der Waals surface area contributed by atoms with E-state index in [0.29, 0.717) is 10.8 Å². The molecule has 0 saturated heterocycles. The molecule has 0 aliphatic carbocycles. The van der Waals surface area contributed by atoms with Crippen LogP contribution in [0.5, 0.6) is 0 Å². The smallest absolute Gasteiger partial charge is 0.116 e. The van der Waals surface area contributed by atoms with Crippen LogP contribution in [0.2, 0.25) is 0 Å². The molecule has 2 nitrogen and oxygen atoms in total. The van der Waals surface area contributed by atoms with Gasteiger partial charge in [0, 0.05) is 0 Å². The summed E-state index contributed by atoms with van der Waals surface area (Å²) in [5.74, 6) is 0. The van der Waals surface area contributed by atoms with Gasteiger partial charge in [0.15, 0.2) is 0 Å². The lowest BCUT2D eigenvalue weighted by Crippen LogP contribution is -2.38. The average Bonchev–Trinajstić information content (AvgIpc) is 1.81. The van der Waals surface area contributed by atoms with Crippen LogP contribution >= 0.6 is 0 Å². The molecule has 0 bridgehead atoms. The predicted octanol–water partition coefficient (Wildman–Crippen LogP) is 1.81. The van der Waals surface area contributed by atoms with Gasteiger partial charge in [-0.05, 0) is 12.8 Å². The van der Waals surface area contributed by atoms with Crippen LogP contribution in [0.4, 0.5) is 0 Å². The first kappa shape index (κ1) is 9.92. The molecule has 0 fully saturated rings. The van der Waals surface area contributed by atoms with Crippen LogP contribution in [0.15, 0.2) is 0 Å². The third-order valence-corrected chi connectivity index (χ3v) is 1.38. The highest BCUT2D eigenvalue weighted by atomic mass is 16.7. The topological polar surface area (TPSA) is 9.23 Å². The summed E-state index contributed by atoms with van der Waals surface area (Å²) >= 11 is 0. The van der Waals surface area contributed by atoms with Gasteiger partial charge < -0.3 is 0 Å². The van der Waals surface area contributed by atoms with E-state index in [2.05, 4.69) is 13.8 Å². The van der Waals surface area contributed by atoms with Gasteiger partial charge in [-0.15, -0.1) is 0 Å². The third kappa shape index (κ3) is 4.77. The summed E-state index contributed by atoms with van der Waals surface area (Å²) in [6, 6.07) is 0. The quantitative estimate of drug-likeness (QED) is 0.434. The molecular formula is C8H20NO+. The minimum atomic E-state index is 0.417. The molecule has 0 unspecified atom stereocenters. The Labute approximate surface area is 64.3 Å². The molecule has 0 atom stereocenters. The highest BCUT2D eigenvalue weighted by Crippen LogP contribution is 2.07. The number of hydroxylamine groups is 3. The highest BCUT2D eigenvalue weighted by molar-refractivity contribution is 4.46. The molecule has 0 aliphatic heterocycles. The second kappa shape index (κ2) is 3.94. The fraction of sp³-hybridized carbons (Fsp3) is 1.00. The summed E-state index contributed by atoms with van der Waals surface area (Å²) in [5, 5.41) is 0. The van der Waals surface area contributed by atoms with Crippen LogP contribution in [0, 0.1) is 0 Å². The van der Waals surface area contributed by atoms with Gasteiger partial charge >= 0.3 is 0 Å². The van der Waals surface area contributed by atoms with Crippen LogP contribution in [-0.2, 0) is 4.84 Å². The van der Waals surface area contributed by atoms with Crippen molar-refractivity contribution in [2.24, 2.45) is 0 Å². The van der Waals surface area contributed by atoms with E-state index in [0.717, 1.165) is 12.8 Å². The first-order chi connectivity index (χ1) is 4.49. The van der Waals surface area contributed by atoms with E-state index in [1.807, 2.05) is 21.1 Å². The zero-order chi connectivity index (χ0) is 8.20. The lowest BCUT2D eigenvalue weighted by atomic mass is 10.2. The largest absolute Gasteiger partial charge is 0.200 e. The van der Waals surface area contributed by atoms with Crippen molar-refractivity contribution in [1.82, 2.24) is 0 Å². The van der Waals surface area contributed by atoms with Crippen LogP contribution in [0.25, 0.3) is 0 Å². The summed E-state index contributed by atoms with van der Waals surface area (Å²) in [4.78, 5) is 5.67. The van der Waals surface area contributed by atoms with Crippen molar-refractivity contribution >= 4 is 0 Å². The monoisotopic (exact) mass is 146 g/mol. The number of rotatable bonds is 4. The second-order valence-corrected chi connectivity index (χ2v) is 3.43. The van der Waals surface area contributed by atoms with Crippen LogP contribution in [0.3, 0.4) is 0 Å². The van der Waals surface area contributed by atoms with Crippen molar-refractivity contribution < 1.29 is 9.48 Å². The van der Waals surface area contributed by atoms with Gasteiger partial charge in [-0.1, -0.05) is 13.8 Å². The second-order valence-electron chi connectivity index (χ2n) is 3.43. The Hall–Kier alpha value is -0.0800. The highest BCUT2D eigenvalue weighted by Gasteiger charge is 2.14. The van der Waals surface area contributed by atoms with Crippen molar-refractivity contribution in [3.63, 3.8) is 0 Å². The fourth-order valence-electron chi connectivity index (χ4n) is 0.885. The summed E-state index contributed by atoms with van der Waals surface area (Å²) in [6.45, 7) is 4.31. The normalized spacial score (nSPS) is 12.6. The number of quaternary nitrogens is 1. The summed E-state index contributed by atoms with van der Waals surface area (Å²) in [7, 11) is 6.12. The molecule has 0 radical (unpaired) electrons. The number of hydrogen-bond acceptors (Lipinski definition) is 1. The minimum absolute atomic E-state index is 0.417. The van der Waals surface area contributed by atoms with Gasteiger partial charge in [0.2, 0.25) is 0 Å². The van der Waals surface area contributed by atoms with Crippen molar-refractivity contribution in [3.8, 4) is 0 Å². The predicted molar refractivity (Wildman–Crippen MR) is 43.5 cm³/mol. The summed E-state index contributed by atoms with van der Waals surface area (Å²) < 4.78 is 0.604. The Morgan fingerprint density at radius 3 is 1.60 bits per heavy atom. The standard InChI is InChI=1S/C8H20NO/c1-6-8(7-2)10-9(3,4)5/h8H,6-7H2,1-5H3/q+1. The summed E-state index contributed by atoms with van der Waals surface area (Å²) in [6.07, 6.45) is 2.62. The first-order valence-corrected chi connectivity index (χ1v) is 3.99. The van der Waals surface area contributed by atoms with Crippen molar-refractivity contribution in [2.75, 3.05) is 21.1 Å². The van der Waals surface area contributed by atoms with E-state index in [9.17, 15) is 0 Å². The molecule has 62 valence electrons. The van der Waals surface area contributed by atoms with Crippen LogP contribution < -0.4 is 0 Å². The SMILES string of the molecule is CCC(CC)O[N+](C)(C)C. The molecule has 0 aromatic rings. The minimum Gasteiger partial charge on any atom is -0.200 e. The molecule has 0 amide bonds. The molecule has 0 heterocycles. The summed E-state index contributed by atoms with van der Waals surface area (Å²) in [5.41, 5.74) is 0. The van der Waals surface area contributed by atoms with E-state index < -0.39 is 0 Å². The Bertz CT molecular complexity index is 81.7. The van der Waals surface area contributed by atoms with E-state index in [1.165, 1.54) is 0 Å². The third-order valence-electron chi connectivity index (χ3n) is 1.38. The fourth-order valence-corrected chi connectivity index (χ4v) is 0.885. The first-order valence-electron chi connectivity index (χ1n) is 3.99.